The fourth-order valence-corrected chi connectivity index (χ4v) is 20.3. The number of fused-ring (bicyclic) bond motifs is 5. The normalized spacial score (nSPS) is 12.9. The van der Waals surface area contributed by atoms with Gasteiger partial charge in [-0.15, -0.1) is 68.0 Å². The monoisotopic (exact) mass is 1260 g/mol. The molecule has 2 atom stereocenters. The second-order valence-corrected chi connectivity index (χ2v) is 30.9. The summed E-state index contributed by atoms with van der Waals surface area (Å²) in [4.78, 5) is 33.5. The smallest absolute Gasteiger partial charge is 0.330 e. The minimum Gasteiger partial charge on any atom is -0.462 e. The van der Waals surface area contributed by atoms with Gasteiger partial charge in [-0.1, -0.05) is 260 Å². The third-order valence-electron chi connectivity index (χ3n) is 17.5. The van der Waals surface area contributed by atoms with Crippen LogP contribution in [0.2, 0.25) is 0 Å². The molecule has 0 bridgehead atoms. The van der Waals surface area contributed by atoms with Crippen LogP contribution in [0.15, 0.2) is 36.4 Å². The molecule has 0 radical (unpaired) electrons. The second-order valence-electron chi connectivity index (χ2n) is 24.6. The van der Waals surface area contributed by atoms with Crippen LogP contribution in [-0.2, 0) is 31.9 Å². The Labute approximate surface area is 535 Å². The quantitative estimate of drug-likeness (QED) is 0.0217. The molecule has 2 unspecified atom stereocenters. The minimum absolute atomic E-state index is 0.237. The van der Waals surface area contributed by atoms with Crippen LogP contribution >= 0.6 is 68.0 Å². The summed E-state index contributed by atoms with van der Waals surface area (Å²) in [5.74, 6) is 0.397. The lowest BCUT2D eigenvalue weighted by Crippen LogP contribution is -2.12. The van der Waals surface area contributed by atoms with Gasteiger partial charge in [0.05, 0.1) is 41.4 Å². The lowest BCUT2D eigenvalue weighted by molar-refractivity contribution is -0.140. The molecule has 0 fully saturated rings. The zero-order valence-corrected chi connectivity index (χ0v) is 58.5. The third kappa shape index (κ3) is 24.4. The Hall–Kier alpha value is -2.60. The molecule has 0 amide bonds. The summed E-state index contributed by atoms with van der Waals surface area (Å²) in [6.07, 6.45) is 59.7. The van der Waals surface area contributed by atoms with Gasteiger partial charge in [-0.2, -0.15) is 0 Å². The summed E-state index contributed by atoms with van der Waals surface area (Å²) in [6.45, 7) is 14.5. The third-order valence-corrected chi connectivity index (χ3v) is 25.6. The molecule has 0 aliphatic carbocycles. The molecule has 0 saturated heterocycles. The van der Waals surface area contributed by atoms with Gasteiger partial charge >= 0.3 is 11.9 Å². The second kappa shape index (κ2) is 42.4. The van der Waals surface area contributed by atoms with Crippen molar-refractivity contribution < 1.29 is 19.1 Å². The summed E-state index contributed by atoms with van der Waals surface area (Å²) < 4.78 is 20.4. The number of esters is 2. The van der Waals surface area contributed by atoms with E-state index >= 15 is 0 Å². The molecular weight excluding hydrogens is 1150 g/mol. The Balaban J connectivity index is 1.18. The molecule has 6 heterocycles. The van der Waals surface area contributed by atoms with Crippen LogP contribution in [0.1, 0.15) is 306 Å². The van der Waals surface area contributed by atoms with Crippen molar-refractivity contribution in [1.82, 2.24) is 0 Å². The highest BCUT2D eigenvalue weighted by Gasteiger charge is 2.26. The number of ether oxygens (including phenoxy) is 2. The van der Waals surface area contributed by atoms with Crippen molar-refractivity contribution in [3.05, 3.63) is 57.3 Å². The maximum atomic E-state index is 12.9. The van der Waals surface area contributed by atoms with Crippen molar-refractivity contribution in [1.29, 1.82) is 0 Å². The van der Waals surface area contributed by atoms with Gasteiger partial charge in [-0.05, 0) is 97.9 Å². The first kappa shape index (κ1) is 70.5. The fraction of sp³-hybridized carbons (Fsp3) is 0.676. The van der Waals surface area contributed by atoms with Crippen molar-refractivity contribution >= 4 is 120 Å². The summed E-state index contributed by atoms with van der Waals surface area (Å²) >= 11 is 11.8. The summed E-state index contributed by atoms with van der Waals surface area (Å²) in [5, 5.41) is 0. The van der Waals surface area contributed by atoms with E-state index in [-0.39, 0.29) is 11.9 Å². The zero-order chi connectivity index (χ0) is 59.4. The van der Waals surface area contributed by atoms with E-state index in [4.69, 9.17) is 9.47 Å². The largest absolute Gasteiger partial charge is 0.462 e. The molecule has 0 N–H and O–H groups in total. The molecular formula is C74H112O4S6. The first-order valence-electron chi connectivity index (χ1n) is 34.6. The molecule has 0 aliphatic rings. The van der Waals surface area contributed by atoms with E-state index in [1.54, 1.807) is 12.2 Å². The fourth-order valence-electron chi connectivity index (χ4n) is 11.9. The van der Waals surface area contributed by atoms with Crippen LogP contribution in [-0.4, -0.2) is 25.2 Å². The Kier molecular flexibility index (Phi) is 35.5. The lowest BCUT2D eigenvalue weighted by atomic mass is 10.0. The predicted octanol–water partition coefficient (Wildman–Crippen LogP) is 27.2. The molecule has 6 aromatic heterocycles. The molecule has 4 nitrogen and oxygen atoms in total. The van der Waals surface area contributed by atoms with E-state index in [1.807, 2.05) is 57.5 Å². The van der Waals surface area contributed by atoms with Crippen LogP contribution in [0.4, 0.5) is 0 Å². The van der Waals surface area contributed by atoms with E-state index in [2.05, 4.69) is 88.5 Å². The van der Waals surface area contributed by atoms with Crippen molar-refractivity contribution in [3.63, 3.8) is 0 Å². The summed E-state index contributed by atoms with van der Waals surface area (Å²) in [7, 11) is 0. The predicted molar refractivity (Wildman–Crippen MR) is 381 cm³/mol. The molecule has 0 aromatic carbocycles. The van der Waals surface area contributed by atoms with Gasteiger partial charge in [0.2, 0.25) is 0 Å². The SMILES string of the molecule is CCCCCCCCCCCCCCCCCc1c(-c2ccc(/C=C/C(=O)OCC(CC)CCCC)s2)sc2c1sc1c3sc(-c4ccc(/C=C/C(=O)OCC(CC)CCCC)s4)c(CCCCCCCCCCCCCCCCC)c3sc21. The minimum atomic E-state index is -0.237. The van der Waals surface area contributed by atoms with Gasteiger partial charge in [-0.3, -0.25) is 0 Å². The number of thiophene rings is 6. The Bertz CT molecular complexity index is 2580. The number of unbranched alkanes of at least 4 members (excludes halogenated alkanes) is 30. The summed E-state index contributed by atoms with van der Waals surface area (Å²) in [5.41, 5.74) is 3.07. The number of hydrogen-bond donors (Lipinski definition) is 0. The number of hydrogen-bond acceptors (Lipinski definition) is 10. The number of rotatable bonds is 50. The molecule has 84 heavy (non-hydrogen) atoms. The Morgan fingerprint density at radius 2 is 0.655 bits per heavy atom. The van der Waals surface area contributed by atoms with Crippen LogP contribution in [0, 0.1) is 11.8 Å². The molecule has 0 saturated carbocycles. The average Bonchev–Trinajstić information content (AvgIpc) is 1.81. The van der Waals surface area contributed by atoms with E-state index in [1.165, 1.54) is 277 Å². The van der Waals surface area contributed by atoms with Crippen molar-refractivity contribution in [2.45, 2.75) is 298 Å². The van der Waals surface area contributed by atoms with Gasteiger partial charge in [0.25, 0.3) is 0 Å². The highest BCUT2D eigenvalue weighted by atomic mass is 32.1. The van der Waals surface area contributed by atoms with E-state index in [0.29, 0.717) is 25.0 Å². The maximum Gasteiger partial charge on any atom is 0.330 e. The van der Waals surface area contributed by atoms with Gasteiger partial charge in [0.15, 0.2) is 0 Å². The van der Waals surface area contributed by atoms with Crippen LogP contribution in [0.25, 0.3) is 59.9 Å². The van der Waals surface area contributed by atoms with Gasteiger partial charge in [-0.25, -0.2) is 9.59 Å². The zero-order valence-electron chi connectivity index (χ0n) is 53.6. The first-order valence-corrected chi connectivity index (χ1v) is 39.5. The summed E-state index contributed by atoms with van der Waals surface area (Å²) in [6, 6.07) is 8.99. The van der Waals surface area contributed by atoms with Crippen LogP contribution in [0.3, 0.4) is 0 Å². The molecule has 0 aliphatic heterocycles. The van der Waals surface area contributed by atoms with Crippen molar-refractivity contribution in [2.75, 3.05) is 13.2 Å². The van der Waals surface area contributed by atoms with Crippen LogP contribution < -0.4 is 0 Å². The number of aryl methyl sites for hydroxylation is 2. The first-order chi connectivity index (χ1) is 41.3. The lowest BCUT2D eigenvalue weighted by Gasteiger charge is -2.13. The van der Waals surface area contributed by atoms with Crippen molar-refractivity contribution in [2.24, 2.45) is 11.8 Å². The molecule has 468 valence electrons. The van der Waals surface area contributed by atoms with Crippen molar-refractivity contribution in [3.8, 4) is 19.5 Å². The van der Waals surface area contributed by atoms with E-state index < -0.39 is 0 Å². The Morgan fingerprint density at radius 3 is 0.964 bits per heavy atom. The average molecular weight is 1260 g/mol. The van der Waals surface area contributed by atoms with Crippen LogP contribution in [0.5, 0.6) is 0 Å². The standard InChI is InChI=1S/C74H112O4S6/c1-7-13-17-19-21-23-25-27-29-31-33-35-37-39-41-45-61-67(63-51-47-59(79-63)49-53-65(75)77-55-57(11-5)43-15-9-3)81-71-69(61)83-74-72-70(84-73(71)74)62(46-42-40-38-36-34-32-30-28-26-24-22-20-18-14-8-2)68(82-72)64-52-48-60(80-64)50-54-66(76)78-56-58(12-6)44-16-10-4/h47-54,57-58H,7-46,55-56H2,1-6H3/b53-49+,54-50+. The van der Waals surface area contributed by atoms with Gasteiger partial charge in [0, 0.05) is 41.4 Å². The van der Waals surface area contributed by atoms with E-state index in [9.17, 15) is 9.59 Å². The number of carbonyl (C=O) groups excluding carboxylic acids is 2. The van der Waals surface area contributed by atoms with E-state index in [0.717, 1.165) is 48.3 Å². The van der Waals surface area contributed by atoms with Gasteiger partial charge < -0.3 is 9.47 Å². The highest BCUT2D eigenvalue weighted by Crippen LogP contribution is 2.56. The maximum absolute atomic E-state index is 12.9. The highest BCUT2D eigenvalue weighted by molar-refractivity contribution is 7.46. The van der Waals surface area contributed by atoms with Gasteiger partial charge in [0.1, 0.15) is 0 Å². The molecule has 0 spiro atoms. The molecule has 6 aromatic rings. The molecule has 10 heteroatoms. The topological polar surface area (TPSA) is 52.6 Å². The Morgan fingerprint density at radius 1 is 0.357 bits per heavy atom. The molecule has 6 rings (SSSR count). The number of carbonyl (C=O) groups is 2.